The van der Waals surface area contributed by atoms with E-state index in [0.717, 1.165) is 24.1 Å². The molecular formula is C12H14N2O. The highest BCUT2D eigenvalue weighted by Gasteiger charge is 2.15. The molecule has 1 aromatic heterocycles. The van der Waals surface area contributed by atoms with Crippen LogP contribution in [0, 0.1) is 0 Å². The summed E-state index contributed by atoms with van der Waals surface area (Å²) in [5.74, 6) is 0.681. The third kappa shape index (κ3) is 1.63. The van der Waals surface area contributed by atoms with Crippen molar-refractivity contribution in [2.45, 2.75) is 18.8 Å². The summed E-state index contributed by atoms with van der Waals surface area (Å²) < 4.78 is 5.18. The number of hydrogen-bond acceptors (Lipinski definition) is 3. The van der Waals surface area contributed by atoms with E-state index in [1.807, 2.05) is 0 Å². The minimum Gasteiger partial charge on any atom is -0.356 e. The first-order chi connectivity index (χ1) is 7.43. The number of nitrogens with zero attached hydrogens (tertiary/aromatic N) is 1. The Hall–Kier alpha value is -1.35. The third-order valence-corrected chi connectivity index (χ3v) is 3.19. The van der Waals surface area contributed by atoms with Crippen molar-refractivity contribution < 1.29 is 4.52 Å². The highest BCUT2D eigenvalue weighted by molar-refractivity contribution is 5.76. The maximum Gasteiger partial charge on any atom is 0.167 e. The molecule has 78 valence electrons. The van der Waals surface area contributed by atoms with Gasteiger partial charge in [0.2, 0.25) is 0 Å². The van der Waals surface area contributed by atoms with Gasteiger partial charge in [0.15, 0.2) is 5.58 Å². The van der Waals surface area contributed by atoms with Crippen molar-refractivity contribution in [1.29, 1.82) is 0 Å². The fourth-order valence-electron chi connectivity index (χ4n) is 2.29. The van der Waals surface area contributed by atoms with Crippen LogP contribution in [0.15, 0.2) is 28.9 Å². The van der Waals surface area contributed by atoms with Crippen molar-refractivity contribution in [2.75, 3.05) is 13.1 Å². The molecule has 1 saturated heterocycles. The van der Waals surface area contributed by atoms with Gasteiger partial charge in [-0.25, -0.2) is 0 Å². The van der Waals surface area contributed by atoms with Crippen LogP contribution in [-0.4, -0.2) is 18.2 Å². The first-order valence-electron chi connectivity index (χ1n) is 5.48. The summed E-state index contributed by atoms with van der Waals surface area (Å²) in [6.45, 7) is 2.25. The molecule has 0 bridgehead atoms. The van der Waals surface area contributed by atoms with E-state index in [9.17, 15) is 0 Å². The first kappa shape index (κ1) is 8.92. The molecule has 1 N–H and O–H groups in total. The molecule has 0 spiro atoms. The molecule has 0 atom stereocenters. The van der Waals surface area contributed by atoms with Crippen LogP contribution in [0.1, 0.15) is 24.3 Å². The topological polar surface area (TPSA) is 38.1 Å². The Balaban J connectivity index is 1.95. The van der Waals surface area contributed by atoms with Gasteiger partial charge in [0.1, 0.15) is 0 Å². The summed E-state index contributed by atoms with van der Waals surface area (Å²) in [6, 6.07) is 6.44. The second-order valence-electron chi connectivity index (χ2n) is 4.15. The zero-order valence-corrected chi connectivity index (χ0v) is 8.57. The zero-order valence-electron chi connectivity index (χ0n) is 8.57. The standard InChI is InChI=1S/C12H14N2O/c1-2-11-8-14-15-12(11)7-10(1)9-3-5-13-6-4-9/h1-2,7-9,13H,3-6H2. The zero-order chi connectivity index (χ0) is 10.1. The van der Waals surface area contributed by atoms with Crippen LogP contribution in [0.25, 0.3) is 11.0 Å². The molecule has 1 fully saturated rings. The number of fused-ring (bicyclic) bond motifs is 1. The monoisotopic (exact) mass is 202 g/mol. The molecule has 0 aliphatic carbocycles. The van der Waals surface area contributed by atoms with Crippen LogP contribution in [0.2, 0.25) is 0 Å². The normalized spacial score (nSPS) is 18.4. The van der Waals surface area contributed by atoms with Crippen LogP contribution >= 0.6 is 0 Å². The SMILES string of the molecule is c1cc2cnoc2cc1C1CCNCC1. The lowest BCUT2D eigenvalue weighted by atomic mass is 9.90. The molecular weight excluding hydrogens is 188 g/mol. The van der Waals surface area contributed by atoms with Gasteiger partial charge in [-0.2, -0.15) is 0 Å². The second kappa shape index (κ2) is 3.66. The number of hydrogen-bond donors (Lipinski definition) is 1. The van der Waals surface area contributed by atoms with Crippen LogP contribution in [-0.2, 0) is 0 Å². The average Bonchev–Trinajstić information content (AvgIpc) is 2.77. The molecule has 2 aromatic rings. The molecule has 1 aliphatic heterocycles. The molecule has 0 saturated carbocycles. The summed E-state index contributed by atoms with van der Waals surface area (Å²) in [4.78, 5) is 0. The Labute approximate surface area is 88.4 Å². The lowest BCUT2D eigenvalue weighted by Crippen LogP contribution is -2.26. The van der Waals surface area contributed by atoms with Crippen molar-refractivity contribution in [3.05, 3.63) is 30.0 Å². The lowest BCUT2D eigenvalue weighted by Gasteiger charge is -2.22. The molecule has 2 heterocycles. The van der Waals surface area contributed by atoms with E-state index in [1.54, 1.807) is 6.20 Å². The Bertz CT molecular complexity index is 457. The van der Waals surface area contributed by atoms with Gasteiger partial charge < -0.3 is 9.84 Å². The van der Waals surface area contributed by atoms with Crippen LogP contribution in [0.4, 0.5) is 0 Å². The Morgan fingerprint density at radius 3 is 3.00 bits per heavy atom. The quantitative estimate of drug-likeness (QED) is 0.771. The number of nitrogens with one attached hydrogen (secondary N) is 1. The lowest BCUT2D eigenvalue weighted by molar-refractivity contribution is 0.450. The van der Waals surface area contributed by atoms with E-state index in [1.165, 1.54) is 18.4 Å². The molecule has 0 radical (unpaired) electrons. The van der Waals surface area contributed by atoms with E-state index in [2.05, 4.69) is 28.7 Å². The van der Waals surface area contributed by atoms with Gasteiger partial charge in [-0.1, -0.05) is 11.2 Å². The van der Waals surface area contributed by atoms with Gasteiger partial charge in [-0.05, 0) is 49.5 Å². The molecule has 1 aliphatic rings. The van der Waals surface area contributed by atoms with Gasteiger partial charge in [-0.3, -0.25) is 0 Å². The summed E-state index contributed by atoms with van der Waals surface area (Å²) in [5, 5.41) is 8.27. The molecule has 0 unspecified atom stereocenters. The summed E-state index contributed by atoms with van der Waals surface area (Å²) >= 11 is 0. The molecule has 15 heavy (non-hydrogen) atoms. The molecule has 3 nitrogen and oxygen atoms in total. The van der Waals surface area contributed by atoms with E-state index in [-0.39, 0.29) is 0 Å². The van der Waals surface area contributed by atoms with Crippen molar-refractivity contribution in [2.24, 2.45) is 0 Å². The van der Waals surface area contributed by atoms with Gasteiger partial charge in [0.25, 0.3) is 0 Å². The predicted molar refractivity (Wildman–Crippen MR) is 58.9 cm³/mol. The number of piperidine rings is 1. The minimum absolute atomic E-state index is 0.681. The van der Waals surface area contributed by atoms with E-state index in [4.69, 9.17) is 4.52 Å². The minimum atomic E-state index is 0.681. The Kier molecular flexibility index (Phi) is 2.18. The van der Waals surface area contributed by atoms with Gasteiger partial charge >= 0.3 is 0 Å². The van der Waals surface area contributed by atoms with Crippen LogP contribution < -0.4 is 5.32 Å². The third-order valence-electron chi connectivity index (χ3n) is 3.19. The number of rotatable bonds is 1. The second-order valence-corrected chi connectivity index (χ2v) is 4.15. The van der Waals surface area contributed by atoms with Gasteiger partial charge in [0.05, 0.1) is 6.20 Å². The molecule has 3 rings (SSSR count). The van der Waals surface area contributed by atoms with E-state index in [0.29, 0.717) is 5.92 Å². The molecule has 1 aromatic carbocycles. The highest BCUT2D eigenvalue weighted by Crippen LogP contribution is 2.27. The Morgan fingerprint density at radius 2 is 2.13 bits per heavy atom. The maximum atomic E-state index is 5.18. The van der Waals surface area contributed by atoms with Crippen molar-refractivity contribution >= 4 is 11.0 Å². The summed E-state index contributed by atoms with van der Waals surface area (Å²) in [7, 11) is 0. The van der Waals surface area contributed by atoms with Gasteiger partial charge in [-0.15, -0.1) is 0 Å². The smallest absolute Gasteiger partial charge is 0.167 e. The number of benzene rings is 1. The Morgan fingerprint density at radius 1 is 1.27 bits per heavy atom. The van der Waals surface area contributed by atoms with Crippen LogP contribution in [0.3, 0.4) is 0 Å². The first-order valence-corrected chi connectivity index (χ1v) is 5.48. The largest absolute Gasteiger partial charge is 0.356 e. The van der Waals surface area contributed by atoms with Crippen LogP contribution in [0.5, 0.6) is 0 Å². The maximum absolute atomic E-state index is 5.18. The van der Waals surface area contributed by atoms with Crippen molar-refractivity contribution in [3.8, 4) is 0 Å². The summed E-state index contributed by atoms with van der Waals surface area (Å²) in [5.41, 5.74) is 2.30. The van der Waals surface area contributed by atoms with Crippen molar-refractivity contribution in [1.82, 2.24) is 10.5 Å². The molecule has 0 amide bonds. The van der Waals surface area contributed by atoms with E-state index < -0.39 is 0 Å². The predicted octanol–water partition coefficient (Wildman–Crippen LogP) is 2.29. The number of aromatic nitrogens is 1. The fraction of sp³-hybridized carbons (Fsp3) is 0.417. The average molecular weight is 202 g/mol. The molecule has 3 heteroatoms. The highest BCUT2D eigenvalue weighted by atomic mass is 16.5. The summed E-state index contributed by atoms with van der Waals surface area (Å²) in [6.07, 6.45) is 4.21. The van der Waals surface area contributed by atoms with Gasteiger partial charge in [0, 0.05) is 5.39 Å². The van der Waals surface area contributed by atoms with E-state index >= 15 is 0 Å². The fourth-order valence-corrected chi connectivity index (χ4v) is 2.29. The van der Waals surface area contributed by atoms with Crippen molar-refractivity contribution in [3.63, 3.8) is 0 Å².